The predicted molar refractivity (Wildman–Crippen MR) is 97.7 cm³/mol. The Bertz CT molecular complexity index is 773. The second-order valence-corrected chi connectivity index (χ2v) is 5.66. The number of carboxylic acids is 1. The second-order valence-electron chi connectivity index (χ2n) is 5.66. The molecule has 0 aromatic heterocycles. The molecule has 26 heavy (non-hydrogen) atoms. The monoisotopic (exact) mass is 357 g/mol. The van der Waals surface area contributed by atoms with Crippen LogP contribution in [0.4, 0.5) is 0 Å². The van der Waals surface area contributed by atoms with Gasteiger partial charge in [0, 0.05) is 13.0 Å². The van der Waals surface area contributed by atoms with E-state index in [1.807, 2.05) is 25.1 Å². The molecule has 2 N–H and O–H groups in total. The Morgan fingerprint density at radius 1 is 1.12 bits per heavy atom. The number of hydrogen-bond donors (Lipinski definition) is 2. The smallest absolute Gasteiger partial charge is 0.335 e. The number of carbonyl (C=O) groups is 2. The minimum absolute atomic E-state index is 0.141. The zero-order valence-electron chi connectivity index (χ0n) is 15.0. The first kappa shape index (κ1) is 19.3. The topological polar surface area (TPSA) is 84.9 Å². The fourth-order valence-corrected chi connectivity index (χ4v) is 2.58. The lowest BCUT2D eigenvalue weighted by Gasteiger charge is -2.12. The lowest BCUT2D eigenvalue weighted by Crippen LogP contribution is -2.23. The summed E-state index contributed by atoms with van der Waals surface area (Å²) in [5.74, 6) is 0.157. The van der Waals surface area contributed by atoms with Crippen molar-refractivity contribution in [2.45, 2.75) is 26.3 Å². The number of aromatic carboxylic acids is 1. The number of rotatable bonds is 9. The number of carboxylic acid groups (broad SMARTS) is 1. The summed E-state index contributed by atoms with van der Waals surface area (Å²) in [5, 5.41) is 12.0. The van der Waals surface area contributed by atoms with Crippen molar-refractivity contribution < 1.29 is 24.2 Å². The molecule has 0 aliphatic carbocycles. The van der Waals surface area contributed by atoms with Gasteiger partial charge in [-0.1, -0.05) is 24.3 Å². The van der Waals surface area contributed by atoms with E-state index in [0.29, 0.717) is 36.6 Å². The van der Waals surface area contributed by atoms with E-state index in [-0.39, 0.29) is 17.9 Å². The van der Waals surface area contributed by atoms with E-state index in [1.165, 1.54) is 0 Å². The molecule has 0 aliphatic rings. The van der Waals surface area contributed by atoms with Crippen LogP contribution in [0.25, 0.3) is 0 Å². The molecular weight excluding hydrogens is 334 g/mol. The fraction of sp³-hybridized carbons (Fsp3) is 0.300. The van der Waals surface area contributed by atoms with Gasteiger partial charge < -0.3 is 19.9 Å². The van der Waals surface area contributed by atoms with Crippen LogP contribution in [0.3, 0.4) is 0 Å². The van der Waals surface area contributed by atoms with Gasteiger partial charge in [-0.25, -0.2) is 4.79 Å². The van der Waals surface area contributed by atoms with Gasteiger partial charge in [0.25, 0.3) is 0 Å². The molecular formula is C20H23NO5. The van der Waals surface area contributed by atoms with Crippen molar-refractivity contribution in [3.8, 4) is 11.5 Å². The molecule has 0 bridgehead atoms. The average molecular weight is 357 g/mol. The highest BCUT2D eigenvalue weighted by molar-refractivity contribution is 5.89. The highest BCUT2D eigenvalue weighted by atomic mass is 16.5. The summed E-state index contributed by atoms with van der Waals surface area (Å²) in [4.78, 5) is 23.3. The molecule has 0 atom stereocenters. The number of benzene rings is 2. The first-order valence-electron chi connectivity index (χ1n) is 8.42. The maximum Gasteiger partial charge on any atom is 0.335 e. The number of methoxy groups -OCH3 is 1. The molecule has 6 nitrogen and oxygen atoms in total. The molecule has 0 heterocycles. The summed E-state index contributed by atoms with van der Waals surface area (Å²) in [6, 6.07) is 12.2. The van der Waals surface area contributed by atoms with Crippen LogP contribution in [0.15, 0.2) is 42.5 Å². The molecule has 0 fully saturated rings. The standard InChI is InChI=1S/C20H23NO5/c1-3-26-17-10-8-14(12-18(17)25-2)13-21-19(22)11-9-15-6-4-5-7-16(15)20(23)24/h4-8,10,12H,3,9,11,13H2,1-2H3,(H,21,22)(H,23,24). The van der Waals surface area contributed by atoms with Gasteiger partial charge in [0.1, 0.15) is 0 Å². The van der Waals surface area contributed by atoms with Gasteiger partial charge in [-0.2, -0.15) is 0 Å². The Balaban J connectivity index is 1.90. The van der Waals surface area contributed by atoms with Gasteiger partial charge in [0.2, 0.25) is 5.91 Å². The highest BCUT2D eigenvalue weighted by Gasteiger charge is 2.11. The lowest BCUT2D eigenvalue weighted by molar-refractivity contribution is -0.121. The average Bonchev–Trinajstić information content (AvgIpc) is 2.65. The molecule has 0 saturated heterocycles. The van der Waals surface area contributed by atoms with Crippen LogP contribution in [-0.2, 0) is 17.8 Å². The van der Waals surface area contributed by atoms with E-state index in [2.05, 4.69) is 5.32 Å². The first-order chi connectivity index (χ1) is 12.5. The van der Waals surface area contributed by atoms with E-state index < -0.39 is 5.97 Å². The maximum absolute atomic E-state index is 12.1. The summed E-state index contributed by atoms with van der Waals surface area (Å²) in [5.41, 5.74) is 1.78. The van der Waals surface area contributed by atoms with Crippen LogP contribution in [0.2, 0.25) is 0 Å². The third kappa shape index (κ3) is 5.24. The number of hydrogen-bond acceptors (Lipinski definition) is 4. The number of carbonyl (C=O) groups excluding carboxylic acids is 1. The Kier molecular flexibility index (Phi) is 7.02. The summed E-state index contributed by atoms with van der Waals surface area (Å²) < 4.78 is 10.8. The van der Waals surface area contributed by atoms with Crippen LogP contribution in [0.5, 0.6) is 11.5 Å². The minimum Gasteiger partial charge on any atom is -0.493 e. The van der Waals surface area contributed by atoms with Gasteiger partial charge in [0.05, 0.1) is 19.3 Å². The molecule has 2 aromatic rings. The van der Waals surface area contributed by atoms with Crippen molar-refractivity contribution in [1.82, 2.24) is 5.32 Å². The molecule has 0 saturated carbocycles. The molecule has 0 radical (unpaired) electrons. The molecule has 0 spiro atoms. The van der Waals surface area contributed by atoms with Crippen LogP contribution in [0.1, 0.15) is 34.8 Å². The van der Waals surface area contributed by atoms with Gasteiger partial charge in [-0.3, -0.25) is 4.79 Å². The van der Waals surface area contributed by atoms with Crippen LogP contribution in [-0.4, -0.2) is 30.7 Å². The number of nitrogens with one attached hydrogen (secondary N) is 1. The molecule has 2 aromatic carbocycles. The van der Waals surface area contributed by atoms with Crippen molar-refractivity contribution in [2.75, 3.05) is 13.7 Å². The summed E-state index contributed by atoms with van der Waals surface area (Å²) in [7, 11) is 1.57. The fourth-order valence-electron chi connectivity index (χ4n) is 2.58. The zero-order valence-corrected chi connectivity index (χ0v) is 15.0. The minimum atomic E-state index is -0.984. The Morgan fingerprint density at radius 2 is 1.88 bits per heavy atom. The van der Waals surface area contributed by atoms with Gasteiger partial charge in [-0.15, -0.1) is 0 Å². The van der Waals surface area contributed by atoms with Crippen molar-refractivity contribution in [3.63, 3.8) is 0 Å². The normalized spacial score (nSPS) is 10.2. The summed E-state index contributed by atoms with van der Waals surface area (Å²) >= 11 is 0. The summed E-state index contributed by atoms with van der Waals surface area (Å²) in [6.07, 6.45) is 0.597. The van der Waals surface area contributed by atoms with Crippen molar-refractivity contribution >= 4 is 11.9 Å². The predicted octanol–water partition coefficient (Wildman–Crippen LogP) is 3.04. The SMILES string of the molecule is CCOc1ccc(CNC(=O)CCc2ccccc2C(=O)O)cc1OC. The van der Waals surface area contributed by atoms with Crippen molar-refractivity contribution in [2.24, 2.45) is 0 Å². The largest absolute Gasteiger partial charge is 0.493 e. The van der Waals surface area contributed by atoms with E-state index in [9.17, 15) is 14.7 Å². The highest BCUT2D eigenvalue weighted by Crippen LogP contribution is 2.27. The number of amides is 1. The van der Waals surface area contributed by atoms with Gasteiger partial charge in [-0.05, 0) is 42.7 Å². The van der Waals surface area contributed by atoms with E-state index in [0.717, 1.165) is 5.56 Å². The van der Waals surface area contributed by atoms with Crippen molar-refractivity contribution in [1.29, 1.82) is 0 Å². The van der Waals surface area contributed by atoms with Gasteiger partial charge in [0.15, 0.2) is 11.5 Å². The number of aryl methyl sites for hydroxylation is 1. The Hall–Kier alpha value is -3.02. The molecule has 6 heteroatoms. The molecule has 1 amide bonds. The van der Waals surface area contributed by atoms with Crippen LogP contribution < -0.4 is 14.8 Å². The first-order valence-corrected chi connectivity index (χ1v) is 8.42. The second kappa shape index (κ2) is 9.46. The molecule has 0 aliphatic heterocycles. The lowest BCUT2D eigenvalue weighted by atomic mass is 10.0. The van der Waals surface area contributed by atoms with E-state index in [1.54, 1.807) is 31.4 Å². The van der Waals surface area contributed by atoms with Gasteiger partial charge >= 0.3 is 5.97 Å². The Labute approximate surface area is 152 Å². The Morgan fingerprint density at radius 3 is 2.58 bits per heavy atom. The third-order valence-corrected chi connectivity index (χ3v) is 3.89. The summed E-state index contributed by atoms with van der Waals surface area (Å²) in [6.45, 7) is 2.81. The third-order valence-electron chi connectivity index (χ3n) is 3.89. The number of ether oxygens (including phenoxy) is 2. The maximum atomic E-state index is 12.1. The molecule has 138 valence electrons. The van der Waals surface area contributed by atoms with E-state index in [4.69, 9.17) is 9.47 Å². The van der Waals surface area contributed by atoms with Crippen molar-refractivity contribution in [3.05, 3.63) is 59.2 Å². The quantitative estimate of drug-likeness (QED) is 0.720. The zero-order chi connectivity index (χ0) is 18.9. The molecule has 2 rings (SSSR count). The van der Waals surface area contributed by atoms with E-state index >= 15 is 0 Å². The van der Waals surface area contributed by atoms with Crippen LogP contribution in [0, 0.1) is 0 Å². The van der Waals surface area contributed by atoms with Crippen LogP contribution >= 0.6 is 0 Å². The molecule has 0 unspecified atom stereocenters.